The third kappa shape index (κ3) is 2.80. The van der Waals surface area contributed by atoms with Crippen LogP contribution < -0.4 is 0 Å². The maximum absolute atomic E-state index is 11.8. The molecule has 1 heterocycles. The Kier molecular flexibility index (Phi) is 3.46. The number of carbonyl (C=O) groups excluding carboxylic acids is 1. The second-order valence-corrected chi connectivity index (χ2v) is 4.91. The highest BCUT2D eigenvalue weighted by Gasteiger charge is 2.26. The lowest BCUT2D eigenvalue weighted by molar-refractivity contribution is -0.136. The van der Waals surface area contributed by atoms with Crippen molar-refractivity contribution in [2.45, 2.75) is 0 Å². The van der Waals surface area contributed by atoms with Gasteiger partial charge in [-0.2, -0.15) is 0 Å². The van der Waals surface area contributed by atoms with Gasteiger partial charge in [0.2, 0.25) is 0 Å². The zero-order valence-corrected chi connectivity index (χ0v) is 11.5. The maximum atomic E-state index is 11.8. The predicted octanol–water partition coefficient (Wildman–Crippen LogP) is 3.39. The molecule has 0 bridgehead atoms. The van der Waals surface area contributed by atoms with Crippen molar-refractivity contribution in [3.8, 4) is 5.75 Å². The van der Waals surface area contributed by atoms with Gasteiger partial charge in [-0.15, -0.1) is 0 Å². The van der Waals surface area contributed by atoms with E-state index < -0.39 is 5.97 Å². The molecule has 0 saturated carbocycles. The molecule has 3 rings (SSSR count). The number of hydrogen-bond donors (Lipinski definition) is 1. The van der Waals surface area contributed by atoms with Crippen LogP contribution in [-0.4, -0.2) is 16.8 Å². The topological polar surface area (TPSA) is 58.9 Å². The molecular formula is C16H10ClNO3. The summed E-state index contributed by atoms with van der Waals surface area (Å²) in [6.45, 7) is 0. The molecule has 104 valence electrons. The van der Waals surface area contributed by atoms with Gasteiger partial charge in [-0.25, -0.2) is 4.79 Å². The smallest absolute Gasteiger partial charge is 0.368 e. The Labute approximate surface area is 125 Å². The summed E-state index contributed by atoms with van der Waals surface area (Å²) in [5, 5.41) is 13.7. The number of carbonyl (C=O) groups is 1. The largest absolute Gasteiger partial charge is 0.508 e. The van der Waals surface area contributed by atoms with Gasteiger partial charge in [0.1, 0.15) is 11.5 Å². The third-order valence-electron chi connectivity index (χ3n) is 3.02. The van der Waals surface area contributed by atoms with E-state index in [1.54, 1.807) is 54.6 Å². The summed E-state index contributed by atoms with van der Waals surface area (Å²) in [4.78, 5) is 16.6. The summed E-state index contributed by atoms with van der Waals surface area (Å²) in [5.41, 5.74) is 2.34. The lowest BCUT2D eigenvalue weighted by Crippen LogP contribution is -2.06. The van der Waals surface area contributed by atoms with Crippen LogP contribution in [0, 0.1) is 0 Å². The number of oxime groups is 1. The van der Waals surface area contributed by atoms with Crippen LogP contribution in [-0.2, 0) is 9.63 Å². The number of benzene rings is 2. The minimum atomic E-state index is -0.506. The summed E-state index contributed by atoms with van der Waals surface area (Å²) in [7, 11) is 0. The Morgan fingerprint density at radius 2 is 1.71 bits per heavy atom. The van der Waals surface area contributed by atoms with E-state index in [2.05, 4.69) is 5.16 Å². The predicted molar refractivity (Wildman–Crippen MR) is 80.2 cm³/mol. The molecule has 1 aliphatic rings. The molecule has 2 aromatic rings. The standard InChI is InChI=1S/C16H10ClNO3/c17-12-5-3-11(4-6-12)15-14(16(20)21-18-15)9-10-1-7-13(19)8-2-10/h1-9,19H/b14-9-. The zero-order chi connectivity index (χ0) is 14.8. The van der Waals surface area contributed by atoms with Crippen molar-refractivity contribution in [2.24, 2.45) is 5.16 Å². The molecule has 21 heavy (non-hydrogen) atoms. The van der Waals surface area contributed by atoms with E-state index in [4.69, 9.17) is 16.4 Å². The number of aromatic hydroxyl groups is 1. The number of phenolic OH excluding ortho intramolecular Hbond substituents is 1. The van der Waals surface area contributed by atoms with E-state index in [1.807, 2.05) is 0 Å². The molecule has 0 aliphatic carbocycles. The van der Waals surface area contributed by atoms with E-state index in [1.165, 1.54) is 0 Å². The highest BCUT2D eigenvalue weighted by Crippen LogP contribution is 2.22. The normalized spacial score (nSPS) is 16.0. The lowest BCUT2D eigenvalue weighted by atomic mass is 10.0. The van der Waals surface area contributed by atoms with Crippen LogP contribution in [0.5, 0.6) is 5.75 Å². The van der Waals surface area contributed by atoms with E-state index >= 15 is 0 Å². The van der Waals surface area contributed by atoms with Gasteiger partial charge >= 0.3 is 5.97 Å². The first-order valence-corrected chi connectivity index (χ1v) is 6.58. The third-order valence-corrected chi connectivity index (χ3v) is 3.27. The lowest BCUT2D eigenvalue weighted by Gasteiger charge is -2.01. The molecular weight excluding hydrogens is 290 g/mol. The average molecular weight is 300 g/mol. The average Bonchev–Trinajstić information content (AvgIpc) is 2.84. The van der Waals surface area contributed by atoms with Gasteiger partial charge in [-0.1, -0.05) is 41.0 Å². The van der Waals surface area contributed by atoms with E-state index in [0.717, 1.165) is 11.1 Å². The molecule has 1 aliphatic heterocycles. The zero-order valence-electron chi connectivity index (χ0n) is 10.8. The van der Waals surface area contributed by atoms with Crippen molar-refractivity contribution < 1.29 is 14.7 Å². The molecule has 0 fully saturated rings. The fourth-order valence-electron chi connectivity index (χ4n) is 1.96. The van der Waals surface area contributed by atoms with Crippen LogP contribution >= 0.6 is 11.6 Å². The van der Waals surface area contributed by atoms with Crippen LogP contribution in [0.25, 0.3) is 6.08 Å². The van der Waals surface area contributed by atoms with Crippen LogP contribution in [0.15, 0.2) is 59.3 Å². The van der Waals surface area contributed by atoms with Gasteiger partial charge < -0.3 is 9.94 Å². The van der Waals surface area contributed by atoms with Crippen LogP contribution in [0.1, 0.15) is 11.1 Å². The molecule has 0 atom stereocenters. The monoisotopic (exact) mass is 299 g/mol. The maximum Gasteiger partial charge on any atom is 0.368 e. The van der Waals surface area contributed by atoms with Crippen molar-refractivity contribution in [1.29, 1.82) is 0 Å². The molecule has 0 spiro atoms. The van der Waals surface area contributed by atoms with Crippen molar-refractivity contribution >= 4 is 29.4 Å². The SMILES string of the molecule is O=C1ON=C(c2ccc(Cl)cc2)/C1=C/c1ccc(O)cc1. The minimum Gasteiger partial charge on any atom is -0.508 e. The number of rotatable bonds is 2. The molecule has 2 aromatic carbocycles. The molecule has 5 heteroatoms. The number of nitrogens with zero attached hydrogens (tertiary/aromatic N) is 1. The van der Waals surface area contributed by atoms with Crippen LogP contribution in [0.2, 0.25) is 5.02 Å². The first kappa shape index (κ1) is 13.4. The summed E-state index contributed by atoms with van der Waals surface area (Å²) < 4.78 is 0. The Hall–Kier alpha value is -2.59. The van der Waals surface area contributed by atoms with Crippen LogP contribution in [0.4, 0.5) is 0 Å². The molecule has 0 aromatic heterocycles. The van der Waals surface area contributed by atoms with E-state index in [-0.39, 0.29) is 5.75 Å². The number of halogens is 1. The number of phenols is 1. The second-order valence-electron chi connectivity index (χ2n) is 4.48. The summed E-state index contributed by atoms with van der Waals surface area (Å²) >= 11 is 5.85. The Morgan fingerprint density at radius 3 is 2.38 bits per heavy atom. The Bertz CT molecular complexity index is 746. The fraction of sp³-hybridized carbons (Fsp3) is 0. The van der Waals surface area contributed by atoms with Gasteiger partial charge in [-0.05, 0) is 35.9 Å². The fourth-order valence-corrected chi connectivity index (χ4v) is 2.09. The van der Waals surface area contributed by atoms with Crippen molar-refractivity contribution in [3.63, 3.8) is 0 Å². The van der Waals surface area contributed by atoms with Gasteiger partial charge in [0.05, 0.1) is 5.57 Å². The summed E-state index contributed by atoms with van der Waals surface area (Å²) in [6.07, 6.45) is 1.67. The van der Waals surface area contributed by atoms with E-state index in [0.29, 0.717) is 16.3 Å². The first-order valence-electron chi connectivity index (χ1n) is 6.20. The Morgan fingerprint density at radius 1 is 1.05 bits per heavy atom. The van der Waals surface area contributed by atoms with Crippen molar-refractivity contribution in [2.75, 3.05) is 0 Å². The first-order chi connectivity index (χ1) is 10.1. The molecule has 0 unspecified atom stereocenters. The highest BCUT2D eigenvalue weighted by atomic mass is 35.5. The molecule has 0 saturated heterocycles. The van der Waals surface area contributed by atoms with Crippen molar-refractivity contribution in [3.05, 3.63) is 70.3 Å². The van der Waals surface area contributed by atoms with Gasteiger partial charge in [-0.3, -0.25) is 0 Å². The molecule has 4 nitrogen and oxygen atoms in total. The quantitative estimate of drug-likeness (QED) is 0.683. The molecule has 0 radical (unpaired) electrons. The second kappa shape index (κ2) is 5.42. The molecule has 1 N–H and O–H groups in total. The summed E-state index contributed by atoms with van der Waals surface area (Å²) in [6, 6.07) is 13.5. The van der Waals surface area contributed by atoms with Gasteiger partial charge in [0, 0.05) is 10.6 Å². The highest BCUT2D eigenvalue weighted by molar-refractivity contribution is 6.32. The van der Waals surface area contributed by atoms with Gasteiger partial charge in [0.15, 0.2) is 0 Å². The van der Waals surface area contributed by atoms with Crippen molar-refractivity contribution in [1.82, 2.24) is 0 Å². The van der Waals surface area contributed by atoms with Gasteiger partial charge in [0.25, 0.3) is 0 Å². The molecule has 0 amide bonds. The summed E-state index contributed by atoms with van der Waals surface area (Å²) in [5.74, 6) is -0.342. The minimum absolute atomic E-state index is 0.165. The van der Waals surface area contributed by atoms with E-state index in [9.17, 15) is 9.90 Å². The number of hydrogen-bond acceptors (Lipinski definition) is 4. The van der Waals surface area contributed by atoms with Crippen LogP contribution in [0.3, 0.4) is 0 Å². The Balaban J connectivity index is 1.99.